The van der Waals surface area contributed by atoms with Gasteiger partial charge in [-0.2, -0.15) is 0 Å². The van der Waals surface area contributed by atoms with Crippen molar-refractivity contribution in [1.29, 1.82) is 0 Å². The molecule has 0 saturated heterocycles. The van der Waals surface area contributed by atoms with Gasteiger partial charge in [-0.15, -0.1) is 5.10 Å². The minimum absolute atomic E-state index is 0.175. The second-order valence-electron chi connectivity index (χ2n) is 5.25. The van der Waals surface area contributed by atoms with Crippen molar-refractivity contribution in [2.24, 2.45) is 0 Å². The molecule has 24 heavy (non-hydrogen) atoms. The first-order valence-electron chi connectivity index (χ1n) is 8.25. The SMILES string of the molecule is CCN(CC)CCNc1nn(CCOC)c(=O)n(CCOC)c1=O. The van der Waals surface area contributed by atoms with E-state index in [1.165, 1.54) is 11.8 Å². The molecule has 9 nitrogen and oxygen atoms in total. The van der Waals surface area contributed by atoms with Gasteiger partial charge >= 0.3 is 5.69 Å². The molecule has 138 valence electrons. The lowest BCUT2D eigenvalue weighted by atomic mass is 10.4. The summed E-state index contributed by atoms with van der Waals surface area (Å²) in [5.74, 6) is 0.175. The summed E-state index contributed by atoms with van der Waals surface area (Å²) in [6, 6.07) is 0. The maximum Gasteiger partial charge on any atom is 0.347 e. The molecular formula is C15H29N5O4. The molecule has 0 atom stereocenters. The molecule has 0 aliphatic rings. The number of anilines is 1. The first-order valence-corrected chi connectivity index (χ1v) is 8.25. The minimum atomic E-state index is -0.455. The highest BCUT2D eigenvalue weighted by Crippen LogP contribution is 1.93. The van der Waals surface area contributed by atoms with Crippen molar-refractivity contribution >= 4 is 5.82 Å². The van der Waals surface area contributed by atoms with Crippen LogP contribution in [0.15, 0.2) is 9.59 Å². The highest BCUT2D eigenvalue weighted by Gasteiger charge is 2.13. The number of hydrogen-bond acceptors (Lipinski definition) is 7. The van der Waals surface area contributed by atoms with Crippen molar-refractivity contribution in [3.63, 3.8) is 0 Å². The van der Waals surface area contributed by atoms with Crippen molar-refractivity contribution in [2.45, 2.75) is 26.9 Å². The molecule has 1 aromatic rings. The first kappa shape index (κ1) is 20.3. The van der Waals surface area contributed by atoms with E-state index in [1.807, 2.05) is 0 Å². The van der Waals surface area contributed by atoms with E-state index < -0.39 is 11.2 Å². The van der Waals surface area contributed by atoms with Gasteiger partial charge in [-0.1, -0.05) is 13.8 Å². The Bertz CT molecular complexity index is 595. The fourth-order valence-corrected chi connectivity index (χ4v) is 2.25. The third-order valence-electron chi connectivity index (χ3n) is 3.76. The van der Waals surface area contributed by atoms with Crippen LogP contribution in [-0.4, -0.2) is 72.9 Å². The molecule has 0 fully saturated rings. The number of ether oxygens (including phenoxy) is 2. The van der Waals surface area contributed by atoms with E-state index in [0.717, 1.165) is 24.2 Å². The molecule has 0 saturated carbocycles. The van der Waals surface area contributed by atoms with E-state index in [0.29, 0.717) is 13.2 Å². The molecule has 9 heteroatoms. The lowest BCUT2D eigenvalue weighted by Gasteiger charge is -2.18. The fourth-order valence-electron chi connectivity index (χ4n) is 2.25. The van der Waals surface area contributed by atoms with Gasteiger partial charge in [0.05, 0.1) is 26.3 Å². The van der Waals surface area contributed by atoms with Gasteiger partial charge in [0.25, 0.3) is 5.56 Å². The summed E-state index contributed by atoms with van der Waals surface area (Å²) in [6.07, 6.45) is 0. The second kappa shape index (κ2) is 11.0. The maximum absolute atomic E-state index is 12.5. The van der Waals surface area contributed by atoms with E-state index in [1.54, 1.807) is 7.11 Å². The van der Waals surface area contributed by atoms with Crippen molar-refractivity contribution in [3.8, 4) is 0 Å². The van der Waals surface area contributed by atoms with Gasteiger partial charge in [0.1, 0.15) is 0 Å². The van der Waals surface area contributed by atoms with E-state index in [2.05, 4.69) is 29.2 Å². The molecule has 1 heterocycles. The van der Waals surface area contributed by atoms with E-state index in [9.17, 15) is 9.59 Å². The monoisotopic (exact) mass is 343 g/mol. The summed E-state index contributed by atoms with van der Waals surface area (Å²) in [4.78, 5) is 27.0. The van der Waals surface area contributed by atoms with Crippen LogP contribution < -0.4 is 16.6 Å². The van der Waals surface area contributed by atoms with Crippen molar-refractivity contribution < 1.29 is 9.47 Å². The van der Waals surface area contributed by atoms with Crippen LogP contribution in [0.4, 0.5) is 5.82 Å². The first-order chi connectivity index (χ1) is 11.6. The molecule has 0 aliphatic heterocycles. The number of nitrogens with one attached hydrogen (secondary N) is 1. The standard InChI is InChI=1S/C15H29N5O4/c1-5-18(6-2)8-7-16-13-14(21)19(9-11-23-3)15(22)20(17-13)10-12-24-4/h5-12H2,1-4H3,(H,16,17). The number of methoxy groups -OCH3 is 2. The molecule has 1 N–H and O–H groups in total. The second-order valence-corrected chi connectivity index (χ2v) is 5.25. The van der Waals surface area contributed by atoms with Crippen molar-refractivity contribution in [2.75, 3.05) is 58.9 Å². The van der Waals surface area contributed by atoms with Crippen LogP contribution in [0.2, 0.25) is 0 Å². The Morgan fingerprint density at radius 3 is 2.29 bits per heavy atom. The van der Waals surface area contributed by atoms with Gasteiger partial charge in [0.15, 0.2) is 0 Å². The Kier molecular flexibility index (Phi) is 9.28. The molecule has 0 bridgehead atoms. The Hall–Kier alpha value is -1.71. The average molecular weight is 343 g/mol. The molecule has 0 radical (unpaired) electrons. The zero-order chi connectivity index (χ0) is 17.9. The average Bonchev–Trinajstić information content (AvgIpc) is 2.59. The summed E-state index contributed by atoms with van der Waals surface area (Å²) in [5, 5.41) is 7.19. The topological polar surface area (TPSA) is 90.6 Å². The zero-order valence-electron chi connectivity index (χ0n) is 15.1. The minimum Gasteiger partial charge on any atom is -0.383 e. The Morgan fingerprint density at radius 2 is 1.71 bits per heavy atom. The van der Waals surface area contributed by atoms with E-state index in [-0.39, 0.29) is 25.5 Å². The highest BCUT2D eigenvalue weighted by atomic mass is 16.5. The van der Waals surface area contributed by atoms with Gasteiger partial charge in [0, 0.05) is 27.3 Å². The Balaban J connectivity index is 3.00. The molecule has 0 spiro atoms. The molecule has 1 aromatic heterocycles. The zero-order valence-corrected chi connectivity index (χ0v) is 15.1. The van der Waals surface area contributed by atoms with Crippen molar-refractivity contribution in [1.82, 2.24) is 19.2 Å². The molecular weight excluding hydrogens is 314 g/mol. The molecule has 0 unspecified atom stereocenters. The van der Waals surface area contributed by atoms with Crippen LogP contribution in [0.1, 0.15) is 13.8 Å². The predicted octanol–water partition coefficient (Wildman–Crippen LogP) is -0.548. The summed E-state index contributed by atoms with van der Waals surface area (Å²) in [6.45, 7) is 8.53. The predicted molar refractivity (Wildman–Crippen MR) is 92.8 cm³/mol. The van der Waals surface area contributed by atoms with Crippen molar-refractivity contribution in [3.05, 3.63) is 20.8 Å². The van der Waals surface area contributed by atoms with Crippen LogP contribution in [0, 0.1) is 0 Å². The fraction of sp³-hybridized carbons (Fsp3) is 0.800. The third-order valence-corrected chi connectivity index (χ3v) is 3.76. The van der Waals surface area contributed by atoms with E-state index >= 15 is 0 Å². The van der Waals surface area contributed by atoms with Crippen LogP contribution >= 0.6 is 0 Å². The van der Waals surface area contributed by atoms with Crippen LogP contribution in [0.5, 0.6) is 0 Å². The lowest BCUT2D eigenvalue weighted by Crippen LogP contribution is -2.44. The Labute approximate surface area is 142 Å². The van der Waals surface area contributed by atoms with Gasteiger partial charge in [-0.05, 0) is 13.1 Å². The molecule has 0 aliphatic carbocycles. The number of nitrogens with zero attached hydrogens (tertiary/aromatic N) is 4. The number of rotatable bonds is 12. The van der Waals surface area contributed by atoms with Gasteiger partial charge < -0.3 is 19.7 Å². The highest BCUT2D eigenvalue weighted by molar-refractivity contribution is 5.29. The number of aromatic nitrogens is 3. The van der Waals surface area contributed by atoms with Gasteiger partial charge in [0.2, 0.25) is 5.82 Å². The normalized spacial score (nSPS) is 11.2. The summed E-state index contributed by atoms with van der Waals surface area (Å²) >= 11 is 0. The molecule has 1 rings (SSSR count). The molecule has 0 aromatic carbocycles. The summed E-state index contributed by atoms with van der Waals surface area (Å²) in [7, 11) is 3.08. The number of hydrogen-bond donors (Lipinski definition) is 1. The van der Waals surface area contributed by atoms with E-state index in [4.69, 9.17) is 9.47 Å². The summed E-state index contributed by atoms with van der Waals surface area (Å²) < 4.78 is 12.4. The Morgan fingerprint density at radius 1 is 1.08 bits per heavy atom. The third kappa shape index (κ3) is 5.73. The van der Waals surface area contributed by atoms with Crippen LogP contribution in [-0.2, 0) is 22.6 Å². The van der Waals surface area contributed by atoms with Crippen LogP contribution in [0.3, 0.4) is 0 Å². The van der Waals surface area contributed by atoms with Gasteiger partial charge in [-0.25, -0.2) is 9.48 Å². The lowest BCUT2D eigenvalue weighted by molar-refractivity contribution is 0.174. The largest absolute Gasteiger partial charge is 0.383 e. The quantitative estimate of drug-likeness (QED) is 0.545. The number of likely N-dealkylation sites (N-methyl/N-ethyl adjacent to an activating group) is 1. The molecule has 0 amide bonds. The maximum atomic E-state index is 12.5. The van der Waals surface area contributed by atoms with Gasteiger partial charge in [-0.3, -0.25) is 9.36 Å². The summed E-state index contributed by atoms with van der Waals surface area (Å²) in [5.41, 5.74) is -0.881. The van der Waals surface area contributed by atoms with Crippen LogP contribution in [0.25, 0.3) is 0 Å². The smallest absolute Gasteiger partial charge is 0.347 e.